The summed E-state index contributed by atoms with van der Waals surface area (Å²) in [5.74, 6) is 0.741. The number of halogens is 1. The molecule has 1 rings (SSSR count). The fourth-order valence-electron chi connectivity index (χ4n) is 2.01. The molecule has 0 N–H and O–H groups in total. The van der Waals surface area contributed by atoms with Crippen LogP contribution in [0.25, 0.3) is 0 Å². The molecule has 1 atom stereocenters. The van der Waals surface area contributed by atoms with E-state index in [1.165, 1.54) is 19.4 Å². The van der Waals surface area contributed by atoms with Crippen molar-refractivity contribution in [2.45, 2.75) is 12.8 Å². The van der Waals surface area contributed by atoms with Crippen molar-refractivity contribution in [3.63, 3.8) is 0 Å². The molecule has 1 heterocycles. The molecule has 0 aromatic rings. The molecule has 4 heteroatoms. The minimum atomic E-state index is 0.0277. The molecule has 82 valence electrons. The average Bonchev–Trinajstić information content (AvgIpc) is 2.16. The van der Waals surface area contributed by atoms with Crippen molar-refractivity contribution in [3.8, 4) is 0 Å². The van der Waals surface area contributed by atoms with Gasteiger partial charge in [0.25, 0.3) is 0 Å². The second-order valence-corrected chi connectivity index (χ2v) is 4.45. The maximum Gasteiger partial charge on any atom is 0.237 e. The Morgan fingerprint density at radius 1 is 1.64 bits per heavy atom. The van der Waals surface area contributed by atoms with Crippen molar-refractivity contribution in [3.05, 3.63) is 0 Å². The van der Waals surface area contributed by atoms with Crippen molar-refractivity contribution in [1.29, 1.82) is 0 Å². The topological polar surface area (TPSA) is 23.6 Å². The molecule has 1 fully saturated rings. The number of alkyl halides is 1. The molecule has 0 bridgehead atoms. The largest absolute Gasteiger partial charge is 0.344 e. The number of piperidine rings is 1. The summed E-state index contributed by atoms with van der Waals surface area (Å²) in [7, 11) is 3.97. The maximum atomic E-state index is 11.2. The fourth-order valence-corrected chi connectivity index (χ4v) is 2.22. The van der Waals surface area contributed by atoms with Crippen LogP contribution in [0.1, 0.15) is 12.8 Å². The smallest absolute Gasteiger partial charge is 0.237 e. The highest BCUT2D eigenvalue weighted by molar-refractivity contribution is 6.27. The molecule has 3 nitrogen and oxygen atoms in total. The molecular formula is C10H19ClN2O. The van der Waals surface area contributed by atoms with Crippen LogP contribution in [0.5, 0.6) is 0 Å². The molecule has 0 saturated carbocycles. The Labute approximate surface area is 91.0 Å². The molecule has 0 aromatic carbocycles. The van der Waals surface area contributed by atoms with Gasteiger partial charge >= 0.3 is 0 Å². The summed E-state index contributed by atoms with van der Waals surface area (Å²) in [4.78, 5) is 15.3. The molecular weight excluding hydrogens is 200 g/mol. The number of nitrogens with zero attached hydrogens (tertiary/aromatic N) is 2. The molecule has 0 aliphatic carbocycles. The Bertz CT molecular complexity index is 199. The fraction of sp³-hybridized carbons (Fsp3) is 0.900. The van der Waals surface area contributed by atoms with Crippen LogP contribution in [-0.2, 0) is 4.79 Å². The van der Waals surface area contributed by atoms with Gasteiger partial charge in [0.2, 0.25) is 5.91 Å². The Morgan fingerprint density at radius 3 is 2.93 bits per heavy atom. The van der Waals surface area contributed by atoms with Crippen molar-refractivity contribution in [2.75, 3.05) is 39.6 Å². The lowest BCUT2D eigenvalue weighted by molar-refractivity contribution is -0.128. The number of hydrogen-bond donors (Lipinski definition) is 0. The van der Waals surface area contributed by atoms with Crippen molar-refractivity contribution in [2.24, 2.45) is 5.92 Å². The van der Waals surface area contributed by atoms with Gasteiger partial charge in [-0.15, -0.1) is 11.6 Å². The summed E-state index contributed by atoms with van der Waals surface area (Å²) < 4.78 is 0. The van der Waals surface area contributed by atoms with E-state index >= 15 is 0 Å². The first-order valence-electron chi connectivity index (χ1n) is 5.12. The van der Waals surface area contributed by atoms with Crippen LogP contribution in [0, 0.1) is 5.92 Å². The zero-order chi connectivity index (χ0) is 10.6. The molecule has 0 aromatic heterocycles. The quantitative estimate of drug-likeness (QED) is 0.661. The SMILES string of the molecule is CN1CCCC(CN(C)C(=O)CCl)C1. The van der Waals surface area contributed by atoms with Gasteiger partial charge in [-0.2, -0.15) is 0 Å². The second-order valence-electron chi connectivity index (χ2n) is 4.18. The van der Waals surface area contributed by atoms with E-state index in [2.05, 4.69) is 11.9 Å². The first-order valence-corrected chi connectivity index (χ1v) is 5.65. The minimum Gasteiger partial charge on any atom is -0.344 e. The van der Waals surface area contributed by atoms with E-state index in [4.69, 9.17) is 11.6 Å². The summed E-state index contributed by atoms with van der Waals surface area (Å²) in [5, 5.41) is 0. The van der Waals surface area contributed by atoms with E-state index in [1.54, 1.807) is 4.90 Å². The first-order chi connectivity index (χ1) is 6.63. The number of carbonyl (C=O) groups excluding carboxylic acids is 1. The highest BCUT2D eigenvalue weighted by Gasteiger charge is 2.20. The van der Waals surface area contributed by atoms with E-state index < -0.39 is 0 Å². The van der Waals surface area contributed by atoms with Gasteiger partial charge in [-0.25, -0.2) is 0 Å². The number of amides is 1. The van der Waals surface area contributed by atoms with Crippen LogP contribution in [0.2, 0.25) is 0 Å². The predicted octanol–water partition coefficient (Wildman–Crippen LogP) is 1.03. The van der Waals surface area contributed by atoms with Gasteiger partial charge in [0.1, 0.15) is 5.88 Å². The summed E-state index contributed by atoms with van der Waals surface area (Å²) in [5.41, 5.74) is 0. The van der Waals surface area contributed by atoms with Crippen molar-refractivity contribution >= 4 is 17.5 Å². The zero-order valence-corrected chi connectivity index (χ0v) is 9.76. The van der Waals surface area contributed by atoms with Crippen LogP contribution < -0.4 is 0 Å². The van der Waals surface area contributed by atoms with Crippen LogP contribution in [0.4, 0.5) is 0 Å². The predicted molar refractivity (Wildman–Crippen MR) is 58.6 cm³/mol. The van der Waals surface area contributed by atoms with Crippen LogP contribution in [0.3, 0.4) is 0 Å². The summed E-state index contributed by atoms with van der Waals surface area (Å²) in [6.45, 7) is 3.12. The van der Waals surface area contributed by atoms with Crippen LogP contribution in [0.15, 0.2) is 0 Å². The molecule has 1 aliphatic rings. The Kier molecular flexibility index (Phi) is 4.69. The van der Waals surface area contributed by atoms with Gasteiger partial charge < -0.3 is 9.80 Å². The van der Waals surface area contributed by atoms with Crippen LogP contribution in [-0.4, -0.2) is 55.3 Å². The van der Waals surface area contributed by atoms with E-state index in [9.17, 15) is 4.79 Å². The van der Waals surface area contributed by atoms with Gasteiger partial charge in [0.15, 0.2) is 0 Å². The third-order valence-electron chi connectivity index (χ3n) is 2.79. The lowest BCUT2D eigenvalue weighted by Gasteiger charge is -2.32. The summed E-state index contributed by atoms with van der Waals surface area (Å²) in [6, 6.07) is 0. The van der Waals surface area contributed by atoms with Gasteiger partial charge in [-0.05, 0) is 32.4 Å². The lowest BCUT2D eigenvalue weighted by Crippen LogP contribution is -2.40. The van der Waals surface area contributed by atoms with E-state index in [-0.39, 0.29) is 11.8 Å². The Balaban J connectivity index is 2.32. The normalized spacial score (nSPS) is 23.5. The Morgan fingerprint density at radius 2 is 2.36 bits per heavy atom. The molecule has 14 heavy (non-hydrogen) atoms. The zero-order valence-electron chi connectivity index (χ0n) is 9.00. The van der Waals surface area contributed by atoms with Crippen molar-refractivity contribution in [1.82, 2.24) is 9.80 Å². The number of likely N-dealkylation sites (tertiary alicyclic amines) is 1. The van der Waals surface area contributed by atoms with Gasteiger partial charge in [0, 0.05) is 20.1 Å². The molecule has 1 saturated heterocycles. The third-order valence-corrected chi connectivity index (χ3v) is 3.02. The molecule has 1 aliphatic heterocycles. The number of hydrogen-bond acceptors (Lipinski definition) is 2. The standard InChI is InChI=1S/C10H19ClN2O/c1-12-5-3-4-9(7-12)8-13(2)10(14)6-11/h9H,3-8H2,1-2H3. The monoisotopic (exact) mass is 218 g/mol. The van der Waals surface area contributed by atoms with Gasteiger partial charge in [-0.3, -0.25) is 4.79 Å². The van der Waals surface area contributed by atoms with E-state index in [1.807, 2.05) is 7.05 Å². The number of rotatable bonds is 3. The lowest BCUT2D eigenvalue weighted by atomic mass is 9.98. The molecule has 1 amide bonds. The molecule has 0 spiro atoms. The van der Waals surface area contributed by atoms with Crippen molar-refractivity contribution < 1.29 is 4.79 Å². The Hall–Kier alpha value is -0.280. The van der Waals surface area contributed by atoms with Gasteiger partial charge in [0.05, 0.1) is 0 Å². The minimum absolute atomic E-state index is 0.0277. The first kappa shape index (κ1) is 11.8. The average molecular weight is 219 g/mol. The van der Waals surface area contributed by atoms with Gasteiger partial charge in [-0.1, -0.05) is 0 Å². The highest BCUT2D eigenvalue weighted by atomic mass is 35.5. The van der Waals surface area contributed by atoms with E-state index in [0.29, 0.717) is 5.92 Å². The second kappa shape index (κ2) is 5.56. The highest BCUT2D eigenvalue weighted by Crippen LogP contribution is 2.15. The molecule has 1 unspecified atom stereocenters. The van der Waals surface area contributed by atoms with E-state index in [0.717, 1.165) is 13.1 Å². The summed E-state index contributed by atoms with van der Waals surface area (Å²) >= 11 is 5.49. The summed E-state index contributed by atoms with van der Waals surface area (Å²) in [6.07, 6.45) is 2.47. The molecule has 0 radical (unpaired) electrons. The maximum absolute atomic E-state index is 11.2. The third kappa shape index (κ3) is 3.46. The number of carbonyl (C=O) groups is 1. The van der Waals surface area contributed by atoms with Crippen LogP contribution >= 0.6 is 11.6 Å².